The molecule has 4 amide bonds. The predicted octanol–water partition coefficient (Wildman–Crippen LogP) is 2.77. The lowest BCUT2D eigenvalue weighted by atomic mass is 9.86. The number of fused-ring (bicyclic) bond motifs is 5. The molecule has 0 aliphatic carbocycles. The minimum Gasteiger partial charge on any atom is -0.382 e. The molecule has 2 aliphatic rings. The number of hydrogen-bond donors (Lipinski definition) is 2. The molecule has 2 aromatic rings. The zero-order valence-corrected chi connectivity index (χ0v) is 19.2. The number of rotatable bonds is 8. The fourth-order valence-electron chi connectivity index (χ4n) is 5.02. The molecule has 172 valence electrons. The van der Waals surface area contributed by atoms with E-state index in [0.717, 1.165) is 22.2 Å². The van der Waals surface area contributed by atoms with Gasteiger partial charge >= 0.3 is 6.03 Å². The molecule has 0 bridgehead atoms. The summed E-state index contributed by atoms with van der Waals surface area (Å²) in [5.74, 6) is -0.876. The summed E-state index contributed by atoms with van der Waals surface area (Å²) in [5.41, 5.74) is 1.63. The van der Waals surface area contributed by atoms with Crippen LogP contribution < -0.4 is 5.32 Å². The number of nitrogens with one attached hydrogen (secondary N) is 2. The molecule has 1 saturated heterocycles. The summed E-state index contributed by atoms with van der Waals surface area (Å²) in [7, 11) is 0. The number of para-hydroxylation sites is 1. The van der Waals surface area contributed by atoms with Crippen molar-refractivity contribution < 1.29 is 19.1 Å². The molecule has 8 heteroatoms. The number of amides is 4. The van der Waals surface area contributed by atoms with E-state index in [9.17, 15) is 14.4 Å². The van der Waals surface area contributed by atoms with Gasteiger partial charge in [0.1, 0.15) is 6.04 Å². The topological polar surface area (TPSA) is 94.7 Å². The Morgan fingerprint density at radius 3 is 2.75 bits per heavy atom. The number of carbonyl (C=O) groups excluding carboxylic acids is 3. The molecule has 0 spiro atoms. The first-order valence-electron chi connectivity index (χ1n) is 11.4. The summed E-state index contributed by atoms with van der Waals surface area (Å²) in [4.78, 5) is 46.5. The van der Waals surface area contributed by atoms with Gasteiger partial charge in [-0.1, -0.05) is 32.0 Å². The molecular formula is C24H32N4O4. The normalized spacial score (nSPS) is 21.3. The highest BCUT2D eigenvalue weighted by molar-refractivity contribution is 6.11. The molecule has 1 aromatic carbocycles. The van der Waals surface area contributed by atoms with Gasteiger partial charge in [0.05, 0.1) is 5.69 Å². The van der Waals surface area contributed by atoms with Gasteiger partial charge in [0.2, 0.25) is 5.91 Å². The van der Waals surface area contributed by atoms with Crippen molar-refractivity contribution in [1.29, 1.82) is 0 Å². The molecule has 2 N–H and O–H groups in total. The summed E-state index contributed by atoms with van der Waals surface area (Å²) in [5, 5.41) is 3.96. The summed E-state index contributed by atoms with van der Waals surface area (Å²) in [6.07, 6.45) is 1.34. The van der Waals surface area contributed by atoms with Crippen LogP contribution in [0.4, 0.5) is 4.79 Å². The molecule has 4 rings (SSSR count). The van der Waals surface area contributed by atoms with Crippen molar-refractivity contribution in [2.75, 3.05) is 26.3 Å². The largest absolute Gasteiger partial charge is 0.382 e. The predicted molar refractivity (Wildman–Crippen MR) is 121 cm³/mol. The number of hydrogen-bond acceptors (Lipinski definition) is 4. The Bertz CT molecular complexity index is 1050. The average Bonchev–Trinajstić information content (AvgIpc) is 3.24. The van der Waals surface area contributed by atoms with E-state index in [4.69, 9.17) is 4.74 Å². The van der Waals surface area contributed by atoms with Gasteiger partial charge in [-0.25, -0.2) is 9.69 Å². The third-order valence-electron chi connectivity index (χ3n) is 6.64. The van der Waals surface area contributed by atoms with Crippen LogP contribution in [0.2, 0.25) is 0 Å². The van der Waals surface area contributed by atoms with Gasteiger partial charge < -0.3 is 19.9 Å². The Hall–Kier alpha value is -2.87. The number of benzene rings is 1. The molecule has 0 saturated carbocycles. The Morgan fingerprint density at radius 2 is 2.03 bits per heavy atom. The maximum absolute atomic E-state index is 13.8. The zero-order chi connectivity index (χ0) is 23.0. The summed E-state index contributed by atoms with van der Waals surface area (Å²) in [6.45, 7) is 9.49. The smallest absolute Gasteiger partial charge is 0.328 e. The van der Waals surface area contributed by atoms with Gasteiger partial charge in [0.25, 0.3) is 5.91 Å². The van der Waals surface area contributed by atoms with E-state index in [0.29, 0.717) is 39.1 Å². The number of imide groups is 1. The van der Waals surface area contributed by atoms with Crippen molar-refractivity contribution >= 4 is 28.7 Å². The van der Waals surface area contributed by atoms with Crippen LogP contribution in [0.1, 0.15) is 45.4 Å². The lowest BCUT2D eigenvalue weighted by Crippen LogP contribution is -2.53. The molecule has 32 heavy (non-hydrogen) atoms. The Kier molecular flexibility index (Phi) is 5.99. The van der Waals surface area contributed by atoms with Gasteiger partial charge in [-0.05, 0) is 44.2 Å². The van der Waals surface area contributed by atoms with Crippen LogP contribution in [0.15, 0.2) is 24.3 Å². The first kappa shape index (κ1) is 22.3. The van der Waals surface area contributed by atoms with E-state index in [1.807, 2.05) is 45.0 Å². The molecule has 2 atom stereocenters. The molecule has 1 fully saturated rings. The maximum Gasteiger partial charge on any atom is 0.328 e. The fraction of sp³-hybridized carbons (Fsp3) is 0.542. The van der Waals surface area contributed by atoms with E-state index in [2.05, 4.69) is 10.3 Å². The monoisotopic (exact) mass is 440 g/mol. The van der Waals surface area contributed by atoms with Gasteiger partial charge in [0.15, 0.2) is 5.54 Å². The van der Waals surface area contributed by atoms with Crippen LogP contribution in [-0.4, -0.2) is 65.0 Å². The van der Waals surface area contributed by atoms with Crippen LogP contribution >= 0.6 is 0 Å². The Morgan fingerprint density at radius 1 is 1.28 bits per heavy atom. The lowest BCUT2D eigenvalue weighted by Gasteiger charge is -2.36. The van der Waals surface area contributed by atoms with Crippen LogP contribution in [-0.2, 0) is 26.3 Å². The summed E-state index contributed by atoms with van der Waals surface area (Å²) < 4.78 is 5.31. The van der Waals surface area contributed by atoms with Gasteiger partial charge in [-0.2, -0.15) is 0 Å². The quantitative estimate of drug-likeness (QED) is 0.487. The second-order valence-corrected chi connectivity index (χ2v) is 8.99. The second kappa shape index (κ2) is 8.58. The van der Waals surface area contributed by atoms with Crippen LogP contribution in [0, 0.1) is 5.92 Å². The Labute approximate surface area is 188 Å². The first-order chi connectivity index (χ1) is 15.3. The zero-order valence-electron chi connectivity index (χ0n) is 19.2. The molecule has 8 nitrogen and oxygen atoms in total. The van der Waals surface area contributed by atoms with Gasteiger partial charge in [-0.15, -0.1) is 0 Å². The summed E-state index contributed by atoms with van der Waals surface area (Å²) >= 11 is 0. The minimum absolute atomic E-state index is 0.220. The van der Waals surface area contributed by atoms with Crippen molar-refractivity contribution in [1.82, 2.24) is 20.1 Å². The third kappa shape index (κ3) is 3.37. The van der Waals surface area contributed by atoms with Gasteiger partial charge in [0, 0.05) is 37.2 Å². The number of H-pyrrole nitrogens is 1. The van der Waals surface area contributed by atoms with E-state index in [1.54, 1.807) is 11.8 Å². The number of carbonyl (C=O) groups is 3. The molecule has 2 aliphatic heterocycles. The first-order valence-corrected chi connectivity index (χ1v) is 11.4. The highest BCUT2D eigenvalue weighted by Gasteiger charge is 2.61. The number of aromatic nitrogens is 1. The van der Waals surface area contributed by atoms with E-state index < -0.39 is 17.6 Å². The SMILES string of the molecule is CCOCCCNC(=O)[C@H](C(C)C)N1C(=O)N2CCc3c([nH]c4ccccc34)[C@@]2(C)C1=O. The molecule has 1 aromatic heterocycles. The van der Waals surface area contributed by atoms with Crippen molar-refractivity contribution in [2.45, 2.75) is 52.1 Å². The number of urea groups is 1. The van der Waals surface area contributed by atoms with Gasteiger partial charge in [-0.3, -0.25) is 9.59 Å². The average molecular weight is 441 g/mol. The van der Waals surface area contributed by atoms with Crippen molar-refractivity contribution in [2.24, 2.45) is 5.92 Å². The maximum atomic E-state index is 13.8. The Balaban J connectivity index is 1.64. The lowest BCUT2D eigenvalue weighted by molar-refractivity contribution is -0.140. The van der Waals surface area contributed by atoms with Crippen LogP contribution in [0.25, 0.3) is 10.9 Å². The molecule has 0 unspecified atom stereocenters. The van der Waals surface area contributed by atoms with Crippen LogP contribution in [0.3, 0.4) is 0 Å². The van der Waals surface area contributed by atoms with E-state index >= 15 is 0 Å². The van der Waals surface area contributed by atoms with Crippen molar-refractivity contribution in [3.63, 3.8) is 0 Å². The third-order valence-corrected chi connectivity index (χ3v) is 6.64. The minimum atomic E-state index is -1.15. The number of nitrogens with zero attached hydrogens (tertiary/aromatic N) is 2. The summed E-state index contributed by atoms with van der Waals surface area (Å²) in [6, 6.07) is 6.68. The molecular weight excluding hydrogens is 408 g/mol. The van der Waals surface area contributed by atoms with Crippen molar-refractivity contribution in [3.05, 3.63) is 35.5 Å². The highest BCUT2D eigenvalue weighted by Crippen LogP contribution is 2.45. The highest BCUT2D eigenvalue weighted by atomic mass is 16.5. The standard InChI is InChI=1S/C24H32N4O4/c1-5-32-14-8-12-25-21(29)19(15(2)3)28-22(30)24(4)20-17(11-13-27(24)23(28)31)16-9-6-7-10-18(16)26-20/h6-7,9-10,15,19,26H,5,8,11-14H2,1-4H3,(H,25,29)/t19-,24-/m0/s1. The second-order valence-electron chi connectivity index (χ2n) is 8.99. The molecule has 0 radical (unpaired) electrons. The van der Waals surface area contributed by atoms with E-state index in [-0.39, 0.29) is 17.7 Å². The number of ether oxygens (including phenoxy) is 1. The fourth-order valence-corrected chi connectivity index (χ4v) is 5.02. The van der Waals surface area contributed by atoms with E-state index in [1.165, 1.54) is 4.90 Å². The van der Waals surface area contributed by atoms with Crippen LogP contribution in [0.5, 0.6) is 0 Å². The van der Waals surface area contributed by atoms with Crippen molar-refractivity contribution in [3.8, 4) is 0 Å². The number of aromatic amines is 1. The molecule has 3 heterocycles.